The molecule has 1 atom stereocenters. The van der Waals surface area contributed by atoms with E-state index in [1.807, 2.05) is 56.3 Å². The molecule has 2 N–H and O–H groups in total. The summed E-state index contributed by atoms with van der Waals surface area (Å²) in [7, 11) is 0. The summed E-state index contributed by atoms with van der Waals surface area (Å²) in [5, 5.41) is 19.4. The second-order valence-corrected chi connectivity index (χ2v) is 10.9. The van der Waals surface area contributed by atoms with E-state index in [9.17, 15) is 9.90 Å². The summed E-state index contributed by atoms with van der Waals surface area (Å²) in [6.45, 7) is 7.22. The highest BCUT2D eigenvalue weighted by atomic mass is 35.5. The van der Waals surface area contributed by atoms with Crippen LogP contribution in [0.25, 0.3) is 11.3 Å². The number of ether oxygens (including phenoxy) is 2. The molecule has 0 spiro atoms. The second kappa shape index (κ2) is 12.5. The monoisotopic (exact) mass is 593 g/mol. The fourth-order valence-corrected chi connectivity index (χ4v) is 5.55. The van der Waals surface area contributed by atoms with Crippen LogP contribution in [0.5, 0.6) is 17.2 Å². The predicted octanol–water partition coefficient (Wildman–Crippen LogP) is 8.11. The van der Waals surface area contributed by atoms with Crippen molar-refractivity contribution in [2.45, 2.75) is 52.6 Å². The van der Waals surface area contributed by atoms with Crippen LogP contribution in [0.4, 0.5) is 0 Å². The number of unbranched alkanes of at least 4 members (excludes halogenated alkanes) is 2. The van der Waals surface area contributed by atoms with Gasteiger partial charge in [0.15, 0.2) is 11.5 Å². The van der Waals surface area contributed by atoms with Crippen molar-refractivity contribution in [2.75, 3.05) is 13.2 Å². The van der Waals surface area contributed by atoms with Gasteiger partial charge in [0.1, 0.15) is 17.1 Å². The molecule has 1 aromatic heterocycles. The van der Waals surface area contributed by atoms with E-state index in [2.05, 4.69) is 17.1 Å². The molecular formula is C32H33Cl2N3O4. The molecule has 0 aliphatic carbocycles. The van der Waals surface area contributed by atoms with Gasteiger partial charge in [-0.1, -0.05) is 67.2 Å². The van der Waals surface area contributed by atoms with Gasteiger partial charge in [0.05, 0.1) is 19.3 Å². The van der Waals surface area contributed by atoms with Crippen molar-refractivity contribution >= 4 is 29.1 Å². The summed E-state index contributed by atoms with van der Waals surface area (Å²) < 4.78 is 12.1. The quantitative estimate of drug-likeness (QED) is 0.171. The van der Waals surface area contributed by atoms with Crippen LogP contribution >= 0.6 is 23.2 Å². The molecule has 7 nitrogen and oxygen atoms in total. The summed E-state index contributed by atoms with van der Waals surface area (Å²) in [4.78, 5) is 15.7. The van der Waals surface area contributed by atoms with Crippen molar-refractivity contribution in [1.29, 1.82) is 0 Å². The van der Waals surface area contributed by atoms with Crippen molar-refractivity contribution < 1.29 is 19.4 Å². The maximum absolute atomic E-state index is 13.9. The minimum atomic E-state index is -0.546. The molecular weight excluding hydrogens is 561 g/mol. The fourth-order valence-electron chi connectivity index (χ4n) is 5.19. The third kappa shape index (κ3) is 5.74. The highest BCUT2D eigenvalue weighted by molar-refractivity contribution is 6.32. The lowest BCUT2D eigenvalue weighted by atomic mass is 9.94. The Kier molecular flexibility index (Phi) is 8.76. The first kappa shape index (κ1) is 28.8. The molecule has 2 heterocycles. The zero-order valence-corrected chi connectivity index (χ0v) is 24.9. The number of amides is 1. The molecule has 0 saturated carbocycles. The van der Waals surface area contributed by atoms with Crippen molar-refractivity contribution in [3.63, 3.8) is 0 Å². The third-order valence-corrected chi connectivity index (χ3v) is 8.06. The van der Waals surface area contributed by atoms with Crippen molar-refractivity contribution in [2.24, 2.45) is 0 Å². The lowest BCUT2D eigenvalue weighted by Gasteiger charge is -2.27. The number of phenolic OH excluding ortho intramolecular Hbond substituents is 1. The van der Waals surface area contributed by atoms with Gasteiger partial charge in [0.2, 0.25) is 0 Å². The first-order valence-corrected chi connectivity index (χ1v) is 14.6. The molecule has 0 saturated heterocycles. The molecule has 1 amide bonds. The van der Waals surface area contributed by atoms with Gasteiger partial charge in [-0.3, -0.25) is 9.89 Å². The summed E-state index contributed by atoms with van der Waals surface area (Å²) >= 11 is 13.0. The number of rotatable bonds is 11. The number of aromatic nitrogens is 2. The van der Waals surface area contributed by atoms with Gasteiger partial charge in [-0.15, -0.1) is 0 Å². The maximum Gasteiger partial charge on any atom is 0.273 e. The van der Waals surface area contributed by atoms with E-state index in [1.54, 1.807) is 17.0 Å². The lowest BCUT2D eigenvalue weighted by Crippen LogP contribution is -2.29. The summed E-state index contributed by atoms with van der Waals surface area (Å²) in [6.07, 6.45) is 3.15. The molecule has 1 unspecified atom stereocenters. The molecule has 214 valence electrons. The number of H-pyrrole nitrogens is 1. The molecule has 41 heavy (non-hydrogen) atoms. The average Bonchev–Trinajstić information content (AvgIpc) is 3.49. The van der Waals surface area contributed by atoms with Crippen LogP contribution in [0.2, 0.25) is 10.0 Å². The van der Waals surface area contributed by atoms with E-state index in [1.165, 1.54) is 0 Å². The van der Waals surface area contributed by atoms with E-state index in [4.69, 9.17) is 32.7 Å². The number of carbonyl (C=O) groups is 1. The first-order valence-electron chi connectivity index (χ1n) is 13.9. The van der Waals surface area contributed by atoms with E-state index in [-0.39, 0.29) is 18.2 Å². The molecule has 1 aliphatic rings. The van der Waals surface area contributed by atoms with Gasteiger partial charge >= 0.3 is 0 Å². The predicted molar refractivity (Wildman–Crippen MR) is 161 cm³/mol. The van der Waals surface area contributed by atoms with Gasteiger partial charge in [-0.2, -0.15) is 5.10 Å². The Bertz CT molecular complexity index is 1570. The van der Waals surface area contributed by atoms with E-state index < -0.39 is 6.04 Å². The van der Waals surface area contributed by atoms with Crippen LogP contribution in [0, 0.1) is 6.92 Å². The third-order valence-electron chi connectivity index (χ3n) is 7.28. The van der Waals surface area contributed by atoms with Crippen LogP contribution in [0.1, 0.15) is 71.9 Å². The Morgan fingerprint density at radius 1 is 1.00 bits per heavy atom. The van der Waals surface area contributed by atoms with Crippen LogP contribution in [-0.4, -0.2) is 39.3 Å². The number of carbonyl (C=O) groups excluding carboxylic acids is 1. The molecule has 5 rings (SSSR count). The van der Waals surface area contributed by atoms with Crippen molar-refractivity contribution in [3.05, 3.63) is 92.6 Å². The summed E-state index contributed by atoms with van der Waals surface area (Å²) in [6, 6.07) is 16.0. The Balaban J connectivity index is 1.63. The van der Waals surface area contributed by atoms with E-state index >= 15 is 0 Å². The van der Waals surface area contributed by atoms with Gasteiger partial charge in [0, 0.05) is 27.7 Å². The van der Waals surface area contributed by atoms with Crippen LogP contribution in [0.3, 0.4) is 0 Å². The summed E-state index contributed by atoms with van der Waals surface area (Å²) in [5.74, 6) is 1.07. The zero-order valence-electron chi connectivity index (χ0n) is 23.3. The molecule has 9 heteroatoms. The number of halogens is 2. The largest absolute Gasteiger partial charge is 0.507 e. The molecule has 3 aromatic carbocycles. The minimum absolute atomic E-state index is 0.0304. The Morgan fingerprint density at radius 2 is 1.80 bits per heavy atom. The number of benzene rings is 3. The maximum atomic E-state index is 13.9. The highest BCUT2D eigenvalue weighted by Crippen LogP contribution is 2.47. The van der Waals surface area contributed by atoms with Crippen molar-refractivity contribution in [1.82, 2.24) is 15.1 Å². The van der Waals surface area contributed by atoms with Gasteiger partial charge < -0.3 is 19.5 Å². The number of phenols is 1. The van der Waals surface area contributed by atoms with Crippen LogP contribution in [-0.2, 0) is 6.54 Å². The number of aryl methyl sites for hydroxylation is 1. The normalized spacial score (nSPS) is 14.4. The average molecular weight is 595 g/mol. The van der Waals surface area contributed by atoms with Gasteiger partial charge in [-0.25, -0.2) is 0 Å². The number of aromatic hydroxyl groups is 1. The Hall–Kier alpha value is -3.68. The molecule has 1 aliphatic heterocycles. The number of nitrogens with zero attached hydrogens (tertiary/aromatic N) is 2. The number of nitrogens with one attached hydrogen (secondary N) is 1. The number of hydrogen-bond acceptors (Lipinski definition) is 5. The van der Waals surface area contributed by atoms with Gasteiger partial charge in [-0.05, 0) is 67.3 Å². The minimum Gasteiger partial charge on any atom is -0.507 e. The summed E-state index contributed by atoms with van der Waals surface area (Å²) in [5.41, 5.74) is 4.27. The lowest BCUT2D eigenvalue weighted by molar-refractivity contribution is 0.0730. The molecule has 0 bridgehead atoms. The smallest absolute Gasteiger partial charge is 0.273 e. The van der Waals surface area contributed by atoms with Crippen LogP contribution < -0.4 is 9.47 Å². The first-order chi connectivity index (χ1) is 19.8. The SMILES string of the molecule is CCCCCOc1ccc(C2c3c(-c4cc(Cl)c(C)cc4O)n[nH]c3C(=O)N2Cc2ccccc2Cl)cc1OCC. The second-order valence-electron chi connectivity index (χ2n) is 10.1. The molecule has 4 aromatic rings. The standard InChI is InChI=1S/C32H33Cl2N3O4/c1-4-6-9-14-41-26-13-12-20(16-27(26)40-5-2)31-28-29(22-17-24(34)19(3)15-25(22)38)35-36-30(28)32(39)37(31)18-21-10-7-8-11-23(21)33/h7-8,10-13,15-17,31,38H,4-6,9,14,18H2,1-3H3,(H,35,36). The number of aromatic amines is 1. The van der Waals surface area contributed by atoms with Crippen LogP contribution in [0.15, 0.2) is 54.6 Å². The van der Waals surface area contributed by atoms with E-state index in [0.717, 1.165) is 36.0 Å². The molecule has 0 radical (unpaired) electrons. The van der Waals surface area contributed by atoms with Gasteiger partial charge in [0.25, 0.3) is 5.91 Å². The van der Waals surface area contributed by atoms with E-state index in [0.29, 0.717) is 57.3 Å². The van der Waals surface area contributed by atoms with Crippen molar-refractivity contribution in [3.8, 4) is 28.5 Å². The number of hydrogen-bond donors (Lipinski definition) is 2. The zero-order chi connectivity index (χ0) is 29.1. The Morgan fingerprint density at radius 3 is 2.56 bits per heavy atom. The molecule has 0 fully saturated rings. The topological polar surface area (TPSA) is 87.7 Å². The highest BCUT2D eigenvalue weighted by Gasteiger charge is 2.43. The Labute approximate surface area is 250 Å². The fraction of sp³-hybridized carbons (Fsp3) is 0.312. The number of fused-ring (bicyclic) bond motifs is 1.